The van der Waals surface area contributed by atoms with Gasteiger partial charge in [0.05, 0.1) is 6.07 Å². The highest BCUT2D eigenvalue weighted by Gasteiger charge is 2.26. The zero-order valence-electron chi connectivity index (χ0n) is 14.9. The van der Waals surface area contributed by atoms with Gasteiger partial charge in [-0.1, -0.05) is 12.1 Å². The molecule has 0 aliphatic carbocycles. The van der Waals surface area contributed by atoms with Crippen LogP contribution in [0.4, 0.5) is 11.6 Å². The molecule has 2 heterocycles. The van der Waals surface area contributed by atoms with E-state index in [0.29, 0.717) is 11.0 Å². The van der Waals surface area contributed by atoms with Crippen LogP contribution in [0.25, 0.3) is 11.0 Å². The van der Waals surface area contributed by atoms with Gasteiger partial charge in [0.1, 0.15) is 16.2 Å². The third-order valence-corrected chi connectivity index (χ3v) is 3.52. The smallest absolute Gasteiger partial charge is 0.433 e. The largest absolute Gasteiger partial charge is 0.449 e. The number of benzene rings is 1. The molecule has 0 spiro atoms. The van der Waals surface area contributed by atoms with Crippen molar-refractivity contribution in [3.63, 3.8) is 0 Å². The normalized spacial score (nSPS) is 11.4. The molecular formula is C18H17N3O6. The molecule has 140 valence electrons. The van der Waals surface area contributed by atoms with Crippen molar-refractivity contribution in [1.82, 2.24) is 5.32 Å². The second-order valence-electron chi connectivity index (χ2n) is 6.86. The highest BCUT2D eigenvalue weighted by atomic mass is 16.6. The molecule has 9 nitrogen and oxygen atoms in total. The Balaban J connectivity index is 1.98. The quantitative estimate of drug-likeness (QED) is 0.531. The van der Waals surface area contributed by atoms with Gasteiger partial charge >= 0.3 is 5.88 Å². The molecule has 0 bridgehead atoms. The van der Waals surface area contributed by atoms with E-state index in [-0.39, 0.29) is 17.2 Å². The molecule has 0 saturated heterocycles. The van der Waals surface area contributed by atoms with Gasteiger partial charge in [0.25, 0.3) is 11.8 Å². The topological polar surface area (TPSA) is 128 Å². The molecule has 0 aliphatic rings. The lowest BCUT2D eigenvalue weighted by molar-refractivity contribution is -0.402. The number of carbonyl (C=O) groups is 2. The SMILES string of the molecule is CC(C)(C)NC(=O)c1oc2ccccc2c1NC(=O)c1ccc([N+](=O)[O-])o1. The Labute approximate surface area is 153 Å². The Morgan fingerprint density at radius 1 is 1.04 bits per heavy atom. The maximum absolute atomic E-state index is 12.6. The van der Waals surface area contributed by atoms with Crippen LogP contribution in [0.3, 0.4) is 0 Å². The fourth-order valence-electron chi connectivity index (χ4n) is 2.45. The van der Waals surface area contributed by atoms with Crippen molar-refractivity contribution in [2.24, 2.45) is 0 Å². The van der Waals surface area contributed by atoms with Gasteiger partial charge in [-0.3, -0.25) is 19.7 Å². The van der Waals surface area contributed by atoms with Crippen molar-refractivity contribution in [2.45, 2.75) is 26.3 Å². The molecule has 2 aromatic heterocycles. The Morgan fingerprint density at radius 2 is 1.74 bits per heavy atom. The fourth-order valence-corrected chi connectivity index (χ4v) is 2.45. The molecular weight excluding hydrogens is 354 g/mol. The Bertz CT molecular complexity index is 1040. The summed E-state index contributed by atoms with van der Waals surface area (Å²) in [7, 11) is 0. The highest BCUT2D eigenvalue weighted by Crippen LogP contribution is 2.32. The van der Waals surface area contributed by atoms with Crippen LogP contribution in [0.15, 0.2) is 45.2 Å². The van der Waals surface area contributed by atoms with E-state index in [1.165, 1.54) is 6.07 Å². The van der Waals surface area contributed by atoms with Crippen LogP contribution in [0.2, 0.25) is 0 Å². The summed E-state index contributed by atoms with van der Waals surface area (Å²) in [5, 5.41) is 16.6. The minimum absolute atomic E-state index is 0.0690. The van der Waals surface area contributed by atoms with Crippen molar-refractivity contribution < 1.29 is 23.3 Å². The van der Waals surface area contributed by atoms with Gasteiger partial charge < -0.3 is 19.5 Å². The molecule has 0 unspecified atom stereocenters. The minimum atomic E-state index is -0.744. The number of para-hydroxylation sites is 1. The highest BCUT2D eigenvalue weighted by molar-refractivity contribution is 6.13. The first kappa shape index (κ1) is 18.2. The molecule has 3 aromatic rings. The summed E-state index contributed by atoms with van der Waals surface area (Å²) in [6.07, 6.45) is 0. The predicted molar refractivity (Wildman–Crippen MR) is 96.7 cm³/mol. The first-order valence-electron chi connectivity index (χ1n) is 8.05. The van der Waals surface area contributed by atoms with E-state index in [2.05, 4.69) is 10.6 Å². The van der Waals surface area contributed by atoms with Crippen molar-refractivity contribution in [3.8, 4) is 0 Å². The second kappa shape index (κ2) is 6.60. The monoisotopic (exact) mass is 371 g/mol. The molecule has 0 aliphatic heterocycles. The van der Waals surface area contributed by atoms with Crippen LogP contribution < -0.4 is 10.6 Å². The number of hydrogen-bond acceptors (Lipinski definition) is 6. The average Bonchev–Trinajstić information content (AvgIpc) is 3.19. The summed E-state index contributed by atoms with van der Waals surface area (Å²) in [6, 6.07) is 9.08. The van der Waals surface area contributed by atoms with Crippen LogP contribution in [0, 0.1) is 10.1 Å². The number of furan rings is 2. The van der Waals surface area contributed by atoms with E-state index >= 15 is 0 Å². The number of carbonyl (C=O) groups excluding carboxylic acids is 2. The van der Waals surface area contributed by atoms with E-state index in [4.69, 9.17) is 8.83 Å². The minimum Gasteiger partial charge on any atom is -0.449 e. The average molecular weight is 371 g/mol. The summed E-state index contributed by atoms with van der Waals surface area (Å²) in [5.41, 5.74) is 0.0626. The molecule has 0 atom stereocenters. The maximum Gasteiger partial charge on any atom is 0.433 e. The number of nitrogens with one attached hydrogen (secondary N) is 2. The molecule has 2 N–H and O–H groups in total. The maximum atomic E-state index is 12.6. The summed E-state index contributed by atoms with van der Waals surface area (Å²) in [6.45, 7) is 5.44. The first-order chi connectivity index (χ1) is 12.7. The van der Waals surface area contributed by atoms with Gasteiger partial charge in [0, 0.05) is 10.9 Å². The van der Waals surface area contributed by atoms with E-state index in [1.807, 2.05) is 20.8 Å². The first-order valence-corrected chi connectivity index (χ1v) is 8.05. The van der Waals surface area contributed by atoms with Crippen LogP contribution in [0.1, 0.15) is 41.9 Å². The lowest BCUT2D eigenvalue weighted by atomic mass is 10.1. The van der Waals surface area contributed by atoms with Crippen molar-refractivity contribution in [2.75, 3.05) is 5.32 Å². The predicted octanol–water partition coefficient (Wildman–Crippen LogP) is 3.71. The van der Waals surface area contributed by atoms with Gasteiger partial charge in [-0.15, -0.1) is 0 Å². The summed E-state index contributed by atoms with van der Waals surface area (Å²) in [4.78, 5) is 35.0. The van der Waals surface area contributed by atoms with Crippen LogP contribution in [0.5, 0.6) is 0 Å². The molecule has 3 rings (SSSR count). The molecule has 2 amide bonds. The summed E-state index contributed by atoms with van der Waals surface area (Å²) >= 11 is 0. The fraction of sp³-hybridized carbons (Fsp3) is 0.222. The summed E-state index contributed by atoms with van der Waals surface area (Å²) in [5.74, 6) is -2.11. The van der Waals surface area contributed by atoms with E-state index in [0.717, 1.165) is 6.07 Å². The standard InChI is InChI=1S/C18H17N3O6/c1-18(2,3)20-17(23)15-14(10-6-4-5-7-11(10)27-15)19-16(22)12-8-9-13(26-12)21(24)25/h4-9H,1-3H3,(H,19,22)(H,20,23). The molecule has 0 fully saturated rings. The van der Waals surface area contributed by atoms with Gasteiger partial charge in [-0.2, -0.15) is 0 Å². The zero-order valence-corrected chi connectivity index (χ0v) is 14.9. The third kappa shape index (κ3) is 3.81. The molecule has 1 aromatic carbocycles. The molecule has 9 heteroatoms. The Kier molecular flexibility index (Phi) is 4.44. The van der Waals surface area contributed by atoms with E-state index in [1.54, 1.807) is 24.3 Å². The third-order valence-electron chi connectivity index (χ3n) is 3.52. The van der Waals surface area contributed by atoms with Gasteiger partial charge in [-0.05, 0) is 39.0 Å². The van der Waals surface area contributed by atoms with Gasteiger partial charge in [-0.25, -0.2) is 0 Å². The lowest BCUT2D eigenvalue weighted by Gasteiger charge is -2.19. The van der Waals surface area contributed by atoms with Crippen molar-refractivity contribution in [1.29, 1.82) is 0 Å². The van der Waals surface area contributed by atoms with Crippen LogP contribution in [-0.4, -0.2) is 22.3 Å². The van der Waals surface area contributed by atoms with E-state index in [9.17, 15) is 19.7 Å². The number of anilines is 1. The second-order valence-corrected chi connectivity index (χ2v) is 6.86. The Morgan fingerprint density at radius 3 is 2.37 bits per heavy atom. The number of fused-ring (bicyclic) bond motifs is 1. The van der Waals surface area contributed by atoms with Crippen molar-refractivity contribution >= 4 is 34.4 Å². The van der Waals surface area contributed by atoms with Gasteiger partial charge in [0.15, 0.2) is 5.76 Å². The number of amides is 2. The number of hydrogen-bond donors (Lipinski definition) is 2. The Hall–Kier alpha value is -3.62. The van der Waals surface area contributed by atoms with Crippen molar-refractivity contribution in [3.05, 3.63) is 58.0 Å². The van der Waals surface area contributed by atoms with Gasteiger partial charge in [0.2, 0.25) is 5.76 Å². The number of nitrogens with zero attached hydrogens (tertiary/aromatic N) is 1. The zero-order chi connectivity index (χ0) is 19.8. The molecule has 27 heavy (non-hydrogen) atoms. The van der Waals surface area contributed by atoms with E-state index < -0.39 is 28.2 Å². The number of nitro groups is 1. The number of rotatable bonds is 4. The van der Waals surface area contributed by atoms with Crippen LogP contribution >= 0.6 is 0 Å². The molecule has 0 saturated carbocycles. The molecule has 0 radical (unpaired) electrons. The summed E-state index contributed by atoms with van der Waals surface area (Å²) < 4.78 is 10.5. The lowest BCUT2D eigenvalue weighted by Crippen LogP contribution is -2.40. The van der Waals surface area contributed by atoms with Crippen LogP contribution in [-0.2, 0) is 0 Å².